The molecule has 1 N–H and O–H groups in total. The van der Waals surface area contributed by atoms with E-state index < -0.39 is 10.8 Å². The Morgan fingerprint density at radius 3 is 2.57 bits per heavy atom. The Kier molecular flexibility index (Phi) is 6.98. The van der Waals surface area contributed by atoms with Gasteiger partial charge in [0, 0.05) is 12.1 Å². The molecular formula is C18H13BrClN3O5. The molecule has 2 aromatic rings. The van der Waals surface area contributed by atoms with Crippen LogP contribution in [0.2, 0.25) is 5.02 Å². The molecule has 0 aliphatic carbocycles. The predicted molar refractivity (Wildman–Crippen MR) is 108 cm³/mol. The fraction of sp³-hybridized carbons (Fsp3) is 0.111. The number of nitrogens with zero attached hydrogens (tertiary/aromatic N) is 2. The van der Waals surface area contributed by atoms with E-state index in [-0.39, 0.29) is 22.0 Å². The Morgan fingerprint density at radius 2 is 2.04 bits per heavy atom. The zero-order chi connectivity index (χ0) is 20.8. The molecule has 0 bridgehead atoms. The third-order valence-corrected chi connectivity index (χ3v) is 4.45. The fourth-order valence-corrected chi connectivity index (χ4v) is 3.09. The van der Waals surface area contributed by atoms with Crippen LogP contribution < -0.4 is 14.8 Å². The number of nitro benzene ring substituents is 1. The summed E-state index contributed by atoms with van der Waals surface area (Å²) in [6.07, 6.45) is 1.36. The minimum Gasteiger partial charge on any atom is -0.493 e. The largest absolute Gasteiger partial charge is 0.493 e. The van der Waals surface area contributed by atoms with Crippen LogP contribution in [0, 0.1) is 21.4 Å². The van der Waals surface area contributed by atoms with E-state index >= 15 is 0 Å². The molecule has 28 heavy (non-hydrogen) atoms. The number of methoxy groups -OCH3 is 2. The minimum atomic E-state index is -0.718. The van der Waals surface area contributed by atoms with E-state index in [0.717, 1.165) is 6.07 Å². The fourth-order valence-electron chi connectivity index (χ4n) is 2.25. The monoisotopic (exact) mass is 465 g/mol. The van der Waals surface area contributed by atoms with Crippen LogP contribution in [0.3, 0.4) is 0 Å². The molecule has 0 fully saturated rings. The second-order valence-electron chi connectivity index (χ2n) is 5.28. The van der Waals surface area contributed by atoms with Crippen molar-refractivity contribution in [3.8, 4) is 17.6 Å². The second-order valence-corrected chi connectivity index (χ2v) is 6.54. The molecule has 0 saturated carbocycles. The van der Waals surface area contributed by atoms with Crippen LogP contribution in [0.15, 0.2) is 40.4 Å². The van der Waals surface area contributed by atoms with Gasteiger partial charge in [-0.2, -0.15) is 5.26 Å². The maximum absolute atomic E-state index is 12.4. The lowest BCUT2D eigenvalue weighted by Gasteiger charge is -2.11. The third kappa shape index (κ3) is 4.79. The van der Waals surface area contributed by atoms with Crippen molar-refractivity contribution in [2.45, 2.75) is 0 Å². The zero-order valence-corrected chi connectivity index (χ0v) is 17.0. The Hall–Kier alpha value is -3.09. The molecule has 0 saturated heterocycles. The van der Waals surface area contributed by atoms with Crippen molar-refractivity contribution < 1.29 is 19.2 Å². The number of carbonyl (C=O) groups excluding carboxylic acids is 1. The Balaban J connectivity index is 2.33. The van der Waals surface area contributed by atoms with Gasteiger partial charge in [-0.25, -0.2) is 0 Å². The van der Waals surface area contributed by atoms with Crippen LogP contribution in [0.4, 0.5) is 11.4 Å². The molecule has 1 amide bonds. The van der Waals surface area contributed by atoms with E-state index in [0.29, 0.717) is 21.5 Å². The average Bonchev–Trinajstić information content (AvgIpc) is 2.66. The summed E-state index contributed by atoms with van der Waals surface area (Å²) in [6.45, 7) is 0. The number of nitriles is 1. The number of nitro groups is 1. The zero-order valence-electron chi connectivity index (χ0n) is 14.7. The van der Waals surface area contributed by atoms with E-state index in [1.54, 1.807) is 12.1 Å². The summed E-state index contributed by atoms with van der Waals surface area (Å²) in [5, 5.41) is 22.5. The molecule has 0 aliphatic rings. The highest BCUT2D eigenvalue weighted by atomic mass is 79.9. The van der Waals surface area contributed by atoms with Crippen LogP contribution in [0.5, 0.6) is 11.5 Å². The van der Waals surface area contributed by atoms with Gasteiger partial charge < -0.3 is 14.8 Å². The van der Waals surface area contributed by atoms with Crippen molar-refractivity contribution in [3.05, 3.63) is 61.1 Å². The van der Waals surface area contributed by atoms with Crippen molar-refractivity contribution in [1.82, 2.24) is 0 Å². The van der Waals surface area contributed by atoms with E-state index in [4.69, 9.17) is 21.1 Å². The summed E-state index contributed by atoms with van der Waals surface area (Å²) in [7, 11) is 2.95. The molecule has 0 heterocycles. The first kappa shape index (κ1) is 21.2. The number of nitrogens with one attached hydrogen (secondary N) is 1. The number of hydrogen-bond donors (Lipinski definition) is 1. The molecule has 0 unspecified atom stereocenters. The molecule has 0 spiro atoms. The summed E-state index contributed by atoms with van der Waals surface area (Å²) >= 11 is 9.30. The van der Waals surface area contributed by atoms with E-state index in [1.165, 1.54) is 32.4 Å². The van der Waals surface area contributed by atoms with E-state index in [9.17, 15) is 20.2 Å². The van der Waals surface area contributed by atoms with Crippen LogP contribution in [-0.2, 0) is 4.79 Å². The standard InChI is InChI=1S/C18H13BrClN3O5/c1-27-16-7-10(6-13(19)17(16)28-2)5-11(9-21)18(24)22-15-4-3-12(23(25)26)8-14(15)20/h3-8H,1-2H3,(H,22,24)/b11-5+. The number of benzene rings is 2. The lowest BCUT2D eigenvalue weighted by molar-refractivity contribution is -0.384. The quantitative estimate of drug-likeness (QED) is 0.288. The lowest BCUT2D eigenvalue weighted by atomic mass is 10.1. The molecule has 10 heteroatoms. The maximum Gasteiger partial charge on any atom is 0.271 e. The Labute approximate surface area is 173 Å². The first-order valence-electron chi connectivity index (χ1n) is 7.59. The Bertz CT molecular complexity index is 1020. The number of ether oxygens (including phenoxy) is 2. The summed E-state index contributed by atoms with van der Waals surface area (Å²) in [5.74, 6) is 0.170. The van der Waals surface area contributed by atoms with Gasteiger partial charge in [-0.1, -0.05) is 11.6 Å². The van der Waals surface area contributed by atoms with E-state index in [2.05, 4.69) is 21.2 Å². The summed E-state index contributed by atoms with van der Waals surface area (Å²) in [4.78, 5) is 22.6. The second kappa shape index (κ2) is 9.21. The number of anilines is 1. The van der Waals surface area contributed by atoms with Crippen LogP contribution >= 0.6 is 27.5 Å². The van der Waals surface area contributed by atoms with Gasteiger partial charge in [-0.3, -0.25) is 14.9 Å². The summed E-state index contributed by atoms with van der Waals surface area (Å²) in [5.41, 5.74) is 0.251. The average molecular weight is 467 g/mol. The molecule has 0 aromatic heterocycles. The molecule has 2 aromatic carbocycles. The molecule has 144 valence electrons. The third-order valence-electron chi connectivity index (χ3n) is 3.54. The number of halogens is 2. The van der Waals surface area contributed by atoms with Gasteiger partial charge in [0.25, 0.3) is 11.6 Å². The van der Waals surface area contributed by atoms with Crippen molar-refractivity contribution in [3.63, 3.8) is 0 Å². The SMILES string of the molecule is COc1cc(/C=C(\C#N)C(=O)Nc2ccc([N+](=O)[O-])cc2Cl)cc(Br)c1OC. The summed E-state index contributed by atoms with van der Waals surface area (Å²) < 4.78 is 11.0. The number of non-ortho nitro benzene ring substituents is 1. The molecule has 0 aliphatic heterocycles. The normalized spacial score (nSPS) is 10.8. The topological polar surface area (TPSA) is 114 Å². The van der Waals surface area contributed by atoms with Crippen molar-refractivity contribution in [1.29, 1.82) is 5.26 Å². The number of amides is 1. The molecule has 0 radical (unpaired) electrons. The number of carbonyl (C=O) groups is 1. The first-order chi connectivity index (χ1) is 13.3. The van der Waals surface area contributed by atoms with Gasteiger partial charge in [0.05, 0.1) is 34.3 Å². The van der Waals surface area contributed by atoms with Gasteiger partial charge >= 0.3 is 0 Å². The smallest absolute Gasteiger partial charge is 0.271 e. The van der Waals surface area contributed by atoms with Gasteiger partial charge in [-0.05, 0) is 45.8 Å². The van der Waals surface area contributed by atoms with Gasteiger partial charge in [0.1, 0.15) is 11.6 Å². The molecule has 8 nitrogen and oxygen atoms in total. The van der Waals surface area contributed by atoms with E-state index in [1.807, 2.05) is 6.07 Å². The van der Waals surface area contributed by atoms with Crippen molar-refractivity contribution >= 4 is 50.9 Å². The van der Waals surface area contributed by atoms with Gasteiger partial charge in [0.15, 0.2) is 11.5 Å². The minimum absolute atomic E-state index is 0.0197. The van der Waals surface area contributed by atoms with Crippen LogP contribution in [-0.4, -0.2) is 25.1 Å². The molecular weight excluding hydrogens is 454 g/mol. The van der Waals surface area contributed by atoms with Gasteiger partial charge in [-0.15, -0.1) is 0 Å². The summed E-state index contributed by atoms with van der Waals surface area (Å²) in [6, 6.07) is 8.68. The Morgan fingerprint density at radius 1 is 1.32 bits per heavy atom. The molecule has 2 rings (SSSR count). The maximum atomic E-state index is 12.4. The van der Waals surface area contributed by atoms with Crippen LogP contribution in [0.1, 0.15) is 5.56 Å². The van der Waals surface area contributed by atoms with Gasteiger partial charge in [0.2, 0.25) is 0 Å². The highest BCUT2D eigenvalue weighted by Crippen LogP contribution is 2.37. The highest BCUT2D eigenvalue weighted by Gasteiger charge is 2.16. The first-order valence-corrected chi connectivity index (χ1v) is 8.76. The lowest BCUT2D eigenvalue weighted by Crippen LogP contribution is -2.13. The number of rotatable bonds is 6. The predicted octanol–water partition coefficient (Wildman–Crippen LogP) is 4.57. The van der Waals surface area contributed by atoms with Crippen molar-refractivity contribution in [2.24, 2.45) is 0 Å². The number of hydrogen-bond acceptors (Lipinski definition) is 6. The van der Waals surface area contributed by atoms with Crippen molar-refractivity contribution in [2.75, 3.05) is 19.5 Å². The highest BCUT2D eigenvalue weighted by molar-refractivity contribution is 9.10. The molecule has 0 atom stereocenters. The van der Waals surface area contributed by atoms with Crippen LogP contribution in [0.25, 0.3) is 6.08 Å².